The molecule has 5 rings (SSSR count). The first-order chi connectivity index (χ1) is 10.1. The predicted molar refractivity (Wildman–Crippen MR) is 85.3 cm³/mol. The van der Waals surface area contributed by atoms with Crippen LogP contribution in [0.1, 0.15) is 51.4 Å². The van der Waals surface area contributed by atoms with Gasteiger partial charge in [-0.1, -0.05) is 15.9 Å². The minimum atomic E-state index is -0.0708. The van der Waals surface area contributed by atoms with Crippen molar-refractivity contribution in [1.29, 1.82) is 0 Å². The first kappa shape index (κ1) is 14.5. The lowest BCUT2D eigenvalue weighted by Crippen LogP contribution is -2.60. The number of hydrogen-bond donors (Lipinski definition) is 1. The van der Waals surface area contributed by atoms with Crippen LogP contribution in [0.25, 0.3) is 0 Å². The minimum absolute atomic E-state index is 0.0256. The van der Waals surface area contributed by atoms with Crippen molar-refractivity contribution in [3.8, 4) is 0 Å². The second-order valence-electron chi connectivity index (χ2n) is 8.18. The Kier molecular flexibility index (Phi) is 3.61. The van der Waals surface area contributed by atoms with Crippen LogP contribution in [0.5, 0.6) is 0 Å². The van der Waals surface area contributed by atoms with E-state index in [0.717, 1.165) is 68.4 Å². The van der Waals surface area contributed by atoms with E-state index in [1.165, 1.54) is 19.3 Å². The number of rotatable bonds is 3. The third-order valence-electron chi connectivity index (χ3n) is 6.60. The number of alkyl halides is 1. The molecule has 4 saturated carbocycles. The Morgan fingerprint density at radius 3 is 2.05 bits per heavy atom. The van der Waals surface area contributed by atoms with Gasteiger partial charge in [-0.3, -0.25) is 4.79 Å². The normalized spacial score (nSPS) is 43.8. The third kappa shape index (κ3) is 2.46. The van der Waals surface area contributed by atoms with Crippen LogP contribution >= 0.6 is 15.9 Å². The van der Waals surface area contributed by atoms with Crippen LogP contribution in [0.2, 0.25) is 0 Å². The Labute approximate surface area is 135 Å². The summed E-state index contributed by atoms with van der Waals surface area (Å²) in [5, 5.41) is 4.32. The van der Waals surface area contributed by atoms with Gasteiger partial charge in [0.25, 0.3) is 0 Å². The lowest BCUT2D eigenvalue weighted by atomic mass is 9.49. The van der Waals surface area contributed by atoms with E-state index in [4.69, 9.17) is 4.74 Å². The molecule has 1 aliphatic heterocycles. The smallest absolute Gasteiger partial charge is 0.226 e. The van der Waals surface area contributed by atoms with Crippen molar-refractivity contribution < 1.29 is 9.53 Å². The van der Waals surface area contributed by atoms with Gasteiger partial charge in [-0.2, -0.15) is 0 Å². The van der Waals surface area contributed by atoms with Gasteiger partial charge in [0.15, 0.2) is 0 Å². The number of carbonyl (C=O) groups excluding carboxylic acids is 1. The van der Waals surface area contributed by atoms with E-state index in [2.05, 4.69) is 21.2 Å². The Morgan fingerprint density at radius 1 is 1.05 bits per heavy atom. The van der Waals surface area contributed by atoms with Gasteiger partial charge in [-0.15, -0.1) is 0 Å². The molecular weight excluding hydrogens is 330 g/mol. The molecule has 0 radical (unpaired) electrons. The Balaban J connectivity index is 1.52. The fourth-order valence-corrected chi connectivity index (χ4v) is 6.52. The molecule has 5 fully saturated rings. The van der Waals surface area contributed by atoms with E-state index >= 15 is 0 Å². The summed E-state index contributed by atoms with van der Waals surface area (Å²) in [5.41, 5.74) is -0.0963. The Hall–Kier alpha value is -0.0900. The summed E-state index contributed by atoms with van der Waals surface area (Å²) >= 11 is 3.64. The number of carbonyl (C=O) groups is 1. The van der Waals surface area contributed by atoms with E-state index < -0.39 is 0 Å². The second kappa shape index (κ2) is 5.23. The number of halogens is 1. The van der Waals surface area contributed by atoms with E-state index in [1.807, 2.05) is 0 Å². The van der Waals surface area contributed by atoms with E-state index in [0.29, 0.717) is 5.91 Å². The lowest BCUT2D eigenvalue weighted by Gasteiger charge is -2.56. The molecule has 1 saturated heterocycles. The summed E-state index contributed by atoms with van der Waals surface area (Å²) in [6.45, 7) is 1.54. The predicted octanol–water partition coefficient (Wildman–Crippen LogP) is 3.26. The van der Waals surface area contributed by atoms with Crippen LogP contribution in [-0.2, 0) is 9.53 Å². The number of amides is 1. The molecule has 0 aromatic heterocycles. The van der Waals surface area contributed by atoms with E-state index in [-0.39, 0.29) is 11.0 Å². The molecule has 0 atom stereocenters. The van der Waals surface area contributed by atoms with Gasteiger partial charge in [0.05, 0.1) is 5.54 Å². The molecule has 118 valence electrons. The van der Waals surface area contributed by atoms with Crippen molar-refractivity contribution in [1.82, 2.24) is 5.32 Å². The van der Waals surface area contributed by atoms with Crippen LogP contribution < -0.4 is 5.32 Å². The van der Waals surface area contributed by atoms with Crippen molar-refractivity contribution >= 4 is 21.8 Å². The number of nitrogens with one attached hydrogen (secondary N) is 1. The summed E-state index contributed by atoms with van der Waals surface area (Å²) in [4.78, 5) is 13.2. The van der Waals surface area contributed by atoms with Gasteiger partial charge in [0.1, 0.15) is 0 Å². The van der Waals surface area contributed by atoms with Crippen LogP contribution in [0.3, 0.4) is 0 Å². The Bertz CT molecular complexity index is 395. The summed E-state index contributed by atoms with van der Waals surface area (Å²) < 4.78 is 5.49. The lowest BCUT2D eigenvalue weighted by molar-refractivity contribution is -0.149. The quantitative estimate of drug-likeness (QED) is 0.789. The summed E-state index contributed by atoms with van der Waals surface area (Å²) in [5.74, 6) is 2.85. The average molecular weight is 356 g/mol. The second-order valence-corrected chi connectivity index (χ2v) is 8.74. The number of hydrogen-bond acceptors (Lipinski definition) is 2. The highest BCUT2D eigenvalue weighted by Gasteiger charge is 2.55. The van der Waals surface area contributed by atoms with E-state index in [1.54, 1.807) is 0 Å². The molecule has 1 amide bonds. The van der Waals surface area contributed by atoms with Crippen molar-refractivity contribution in [2.45, 2.75) is 56.9 Å². The molecule has 4 bridgehead atoms. The number of ether oxygens (including phenoxy) is 1. The fraction of sp³-hybridized carbons (Fsp3) is 0.941. The van der Waals surface area contributed by atoms with Gasteiger partial charge in [0.2, 0.25) is 5.91 Å². The highest BCUT2D eigenvalue weighted by molar-refractivity contribution is 9.09. The van der Waals surface area contributed by atoms with Gasteiger partial charge in [0, 0.05) is 24.0 Å². The zero-order valence-corrected chi connectivity index (χ0v) is 14.3. The summed E-state index contributed by atoms with van der Waals surface area (Å²) in [7, 11) is 0. The molecule has 0 spiro atoms. The molecule has 1 heterocycles. The average Bonchev–Trinajstić information content (AvgIpc) is 2.47. The van der Waals surface area contributed by atoms with Crippen molar-refractivity contribution in [2.75, 3.05) is 18.5 Å². The van der Waals surface area contributed by atoms with Crippen LogP contribution in [0.4, 0.5) is 0 Å². The molecule has 4 heteroatoms. The molecule has 3 nitrogen and oxygen atoms in total. The van der Waals surface area contributed by atoms with Crippen molar-refractivity contribution in [3.05, 3.63) is 0 Å². The van der Waals surface area contributed by atoms with E-state index in [9.17, 15) is 4.79 Å². The monoisotopic (exact) mass is 355 g/mol. The van der Waals surface area contributed by atoms with Crippen LogP contribution in [-0.4, -0.2) is 30.0 Å². The van der Waals surface area contributed by atoms with Crippen LogP contribution in [0, 0.1) is 23.2 Å². The standard InChI is InChI=1S/C17H26BrNO2/c18-11-17(1-3-21-4-2-17)19-15(20)16-8-12-5-13(9-16)7-14(6-12)10-16/h12-14H,1-11H2,(H,19,20). The molecular formula is C17H26BrNO2. The SMILES string of the molecule is O=C(NC1(CBr)CCOCC1)C12CC3CC(CC(C3)C1)C2. The van der Waals surface area contributed by atoms with Crippen LogP contribution in [0.15, 0.2) is 0 Å². The maximum atomic E-state index is 13.2. The molecule has 0 aromatic rings. The van der Waals surface area contributed by atoms with Gasteiger partial charge < -0.3 is 10.1 Å². The van der Waals surface area contributed by atoms with Gasteiger partial charge in [-0.25, -0.2) is 0 Å². The van der Waals surface area contributed by atoms with Crippen molar-refractivity contribution in [3.63, 3.8) is 0 Å². The minimum Gasteiger partial charge on any atom is -0.381 e. The topological polar surface area (TPSA) is 38.3 Å². The maximum absolute atomic E-state index is 13.2. The fourth-order valence-electron chi connectivity index (χ4n) is 5.82. The molecule has 21 heavy (non-hydrogen) atoms. The molecule has 4 aliphatic carbocycles. The molecule has 1 N–H and O–H groups in total. The first-order valence-corrected chi connectivity index (χ1v) is 9.72. The van der Waals surface area contributed by atoms with Gasteiger partial charge in [-0.05, 0) is 69.1 Å². The molecule has 0 aromatic carbocycles. The highest BCUT2D eigenvalue weighted by atomic mass is 79.9. The van der Waals surface area contributed by atoms with Crippen molar-refractivity contribution in [2.24, 2.45) is 23.2 Å². The highest BCUT2D eigenvalue weighted by Crippen LogP contribution is 2.60. The zero-order chi connectivity index (χ0) is 14.5. The largest absolute Gasteiger partial charge is 0.381 e. The first-order valence-electron chi connectivity index (χ1n) is 8.59. The summed E-state index contributed by atoms with van der Waals surface area (Å²) in [6, 6.07) is 0. The maximum Gasteiger partial charge on any atom is 0.226 e. The molecule has 5 aliphatic rings. The van der Waals surface area contributed by atoms with Gasteiger partial charge >= 0.3 is 0 Å². The Morgan fingerprint density at radius 2 is 1.57 bits per heavy atom. The zero-order valence-electron chi connectivity index (χ0n) is 12.7. The molecule has 0 unspecified atom stereocenters. The third-order valence-corrected chi connectivity index (χ3v) is 7.68. The summed E-state index contributed by atoms with van der Waals surface area (Å²) in [6.07, 6.45) is 9.52.